The van der Waals surface area contributed by atoms with E-state index in [0.29, 0.717) is 0 Å². The molecule has 0 saturated heterocycles. The Morgan fingerprint density at radius 3 is 2.58 bits per heavy atom. The lowest BCUT2D eigenvalue weighted by molar-refractivity contribution is -0.115. The smallest absolute Gasteiger partial charge is 0.358 e. The number of aromatic nitrogens is 2. The molecule has 1 heterocycles. The fourth-order valence-electron chi connectivity index (χ4n) is 1.08. The van der Waals surface area contributed by atoms with Crippen LogP contribution in [0.3, 0.4) is 0 Å². The number of nitrogens with zero attached hydrogens (tertiary/aromatic N) is 2. The number of carbonyl (C=O) groups excluding carboxylic acids is 3. The first-order valence-corrected chi connectivity index (χ1v) is 5.11. The van der Waals surface area contributed by atoms with Gasteiger partial charge >= 0.3 is 5.97 Å². The number of nitrogens with one attached hydrogen (secondary N) is 2. The molecule has 102 valence electrons. The summed E-state index contributed by atoms with van der Waals surface area (Å²) < 4.78 is 4.75. The lowest BCUT2D eigenvalue weighted by Crippen LogP contribution is -2.36. The Hall–Kier alpha value is -2.91. The molecule has 1 aromatic rings. The van der Waals surface area contributed by atoms with Crippen LogP contribution in [0.5, 0.6) is 0 Å². The van der Waals surface area contributed by atoms with Gasteiger partial charge in [-0.15, -0.1) is 0 Å². The van der Waals surface area contributed by atoms with Crippen LogP contribution in [0.2, 0.25) is 0 Å². The predicted molar refractivity (Wildman–Crippen MR) is 64.0 cm³/mol. The third kappa shape index (κ3) is 3.52. The molecule has 2 amide bonds. The van der Waals surface area contributed by atoms with E-state index >= 15 is 0 Å². The summed E-state index contributed by atoms with van der Waals surface area (Å²) in [6, 6.07) is 0. The SMILES string of the molecule is CCOC(=O)c1[nH]cnc1NN=C(C(N)=O)C(N)=O. The zero-order valence-electron chi connectivity index (χ0n) is 9.97. The van der Waals surface area contributed by atoms with Gasteiger partial charge in [0.2, 0.25) is 5.71 Å². The van der Waals surface area contributed by atoms with Crippen molar-refractivity contribution in [2.45, 2.75) is 6.92 Å². The van der Waals surface area contributed by atoms with Gasteiger partial charge in [-0.25, -0.2) is 9.78 Å². The van der Waals surface area contributed by atoms with Gasteiger partial charge in [-0.2, -0.15) is 5.10 Å². The van der Waals surface area contributed by atoms with Crippen molar-refractivity contribution in [3.8, 4) is 0 Å². The van der Waals surface area contributed by atoms with Gasteiger partial charge in [0.15, 0.2) is 11.5 Å². The molecule has 10 nitrogen and oxygen atoms in total. The molecule has 0 unspecified atom stereocenters. The number of esters is 1. The van der Waals surface area contributed by atoms with E-state index in [9.17, 15) is 14.4 Å². The standard InChI is InChI=1S/C9H12N6O4/c1-2-19-9(18)5-8(13-3-12-5)15-14-4(6(10)16)7(11)17/h3,15H,2H2,1H3,(H2,10,16)(H2,11,17)(H,12,13). The summed E-state index contributed by atoms with van der Waals surface area (Å²) >= 11 is 0. The quantitative estimate of drug-likeness (QED) is 0.208. The third-order valence-electron chi connectivity index (χ3n) is 1.86. The van der Waals surface area contributed by atoms with Crippen molar-refractivity contribution in [3.05, 3.63) is 12.0 Å². The Bertz CT molecular complexity index is 519. The summed E-state index contributed by atoms with van der Waals surface area (Å²) in [4.78, 5) is 39.4. The number of rotatable bonds is 6. The van der Waals surface area contributed by atoms with Gasteiger partial charge in [0.1, 0.15) is 0 Å². The molecule has 0 atom stereocenters. The fraction of sp³-hybridized carbons (Fsp3) is 0.222. The van der Waals surface area contributed by atoms with Crippen LogP contribution in [-0.4, -0.2) is 40.1 Å². The van der Waals surface area contributed by atoms with E-state index < -0.39 is 23.5 Å². The van der Waals surface area contributed by atoms with E-state index in [-0.39, 0.29) is 18.1 Å². The van der Waals surface area contributed by atoms with Gasteiger partial charge in [0, 0.05) is 0 Å². The molecule has 1 aromatic heterocycles. The zero-order valence-corrected chi connectivity index (χ0v) is 9.97. The third-order valence-corrected chi connectivity index (χ3v) is 1.86. The van der Waals surface area contributed by atoms with Gasteiger partial charge in [-0.3, -0.25) is 15.0 Å². The molecule has 1 rings (SSSR count). The number of H-pyrrole nitrogens is 1. The first kappa shape index (κ1) is 14.2. The molecule has 6 N–H and O–H groups in total. The van der Waals surface area contributed by atoms with Crippen molar-refractivity contribution in [1.29, 1.82) is 0 Å². The highest BCUT2D eigenvalue weighted by Crippen LogP contribution is 2.10. The van der Waals surface area contributed by atoms with Crippen LogP contribution < -0.4 is 16.9 Å². The van der Waals surface area contributed by atoms with E-state index in [1.165, 1.54) is 6.33 Å². The molecule has 10 heteroatoms. The molecule has 0 radical (unpaired) electrons. The lowest BCUT2D eigenvalue weighted by Gasteiger charge is -2.02. The van der Waals surface area contributed by atoms with Gasteiger partial charge in [0.25, 0.3) is 11.8 Å². The molecule has 0 aliphatic heterocycles. The molecule has 0 saturated carbocycles. The summed E-state index contributed by atoms with van der Waals surface area (Å²) in [7, 11) is 0. The van der Waals surface area contributed by atoms with Crippen molar-refractivity contribution < 1.29 is 19.1 Å². The second-order valence-electron chi connectivity index (χ2n) is 3.15. The number of amides is 2. The van der Waals surface area contributed by atoms with Crippen LogP contribution >= 0.6 is 0 Å². The average Bonchev–Trinajstić information content (AvgIpc) is 2.77. The van der Waals surface area contributed by atoms with E-state index in [1.54, 1.807) is 6.92 Å². The second-order valence-corrected chi connectivity index (χ2v) is 3.15. The van der Waals surface area contributed by atoms with Gasteiger partial charge < -0.3 is 21.2 Å². The van der Waals surface area contributed by atoms with E-state index in [1.807, 2.05) is 0 Å². The first-order valence-electron chi connectivity index (χ1n) is 5.11. The van der Waals surface area contributed by atoms with Crippen LogP contribution in [0.1, 0.15) is 17.4 Å². The molecule has 0 aliphatic carbocycles. The van der Waals surface area contributed by atoms with Crippen LogP contribution in [0.25, 0.3) is 0 Å². The molecular formula is C9H12N6O4. The van der Waals surface area contributed by atoms with Crippen molar-refractivity contribution in [3.63, 3.8) is 0 Å². The number of aromatic amines is 1. The maximum absolute atomic E-state index is 11.5. The lowest BCUT2D eigenvalue weighted by atomic mass is 10.3. The molecule has 19 heavy (non-hydrogen) atoms. The normalized spacial score (nSPS) is 9.53. The van der Waals surface area contributed by atoms with Crippen molar-refractivity contribution >= 4 is 29.3 Å². The number of hydrogen-bond acceptors (Lipinski definition) is 7. The Morgan fingerprint density at radius 2 is 2.05 bits per heavy atom. The number of ether oxygens (including phenoxy) is 1. The predicted octanol–water partition coefficient (Wildman–Crippen LogP) is -1.68. The number of imidazole rings is 1. The molecule has 0 aliphatic rings. The van der Waals surface area contributed by atoms with E-state index in [0.717, 1.165) is 0 Å². The highest BCUT2D eigenvalue weighted by Gasteiger charge is 2.17. The Morgan fingerprint density at radius 1 is 1.42 bits per heavy atom. The summed E-state index contributed by atoms with van der Waals surface area (Å²) in [5.74, 6) is -2.91. The minimum atomic E-state index is -1.10. The Labute approximate surface area is 107 Å². The zero-order chi connectivity index (χ0) is 14.4. The number of carbonyl (C=O) groups is 3. The van der Waals surface area contributed by atoms with Gasteiger partial charge in [0.05, 0.1) is 12.9 Å². The minimum absolute atomic E-state index is 0.0149. The largest absolute Gasteiger partial charge is 0.461 e. The van der Waals surface area contributed by atoms with Crippen molar-refractivity contribution in [1.82, 2.24) is 9.97 Å². The molecule has 0 fully saturated rings. The van der Waals surface area contributed by atoms with Gasteiger partial charge in [-0.05, 0) is 6.92 Å². The summed E-state index contributed by atoms with van der Waals surface area (Å²) in [5, 5.41) is 3.40. The van der Waals surface area contributed by atoms with E-state index in [4.69, 9.17) is 16.2 Å². The summed E-state index contributed by atoms with van der Waals surface area (Å²) in [5.41, 5.74) is 11.3. The monoisotopic (exact) mass is 268 g/mol. The van der Waals surface area contributed by atoms with Crippen LogP contribution in [0, 0.1) is 0 Å². The van der Waals surface area contributed by atoms with Crippen LogP contribution in [-0.2, 0) is 14.3 Å². The van der Waals surface area contributed by atoms with Gasteiger partial charge in [-0.1, -0.05) is 0 Å². The highest BCUT2D eigenvalue weighted by molar-refractivity contribution is 6.64. The molecule has 0 bridgehead atoms. The maximum Gasteiger partial charge on any atom is 0.358 e. The number of hydrazone groups is 1. The highest BCUT2D eigenvalue weighted by atomic mass is 16.5. The number of primary amides is 2. The first-order chi connectivity index (χ1) is 8.97. The Kier molecular flexibility index (Phi) is 4.57. The number of hydrogen-bond donors (Lipinski definition) is 4. The molecule has 0 spiro atoms. The molecule has 0 aromatic carbocycles. The number of anilines is 1. The maximum atomic E-state index is 11.5. The second kappa shape index (κ2) is 6.14. The van der Waals surface area contributed by atoms with Crippen LogP contribution in [0.15, 0.2) is 11.4 Å². The topological polar surface area (TPSA) is 166 Å². The summed E-state index contributed by atoms with van der Waals surface area (Å²) in [6.45, 7) is 1.81. The average molecular weight is 268 g/mol. The van der Waals surface area contributed by atoms with E-state index in [2.05, 4.69) is 20.5 Å². The summed E-state index contributed by atoms with van der Waals surface area (Å²) in [6.07, 6.45) is 1.21. The minimum Gasteiger partial charge on any atom is -0.461 e. The van der Waals surface area contributed by atoms with Crippen molar-refractivity contribution in [2.24, 2.45) is 16.6 Å². The fourth-order valence-corrected chi connectivity index (χ4v) is 1.08. The molecular weight excluding hydrogens is 256 g/mol. The number of nitrogens with two attached hydrogens (primary N) is 2. The Balaban J connectivity index is 2.92. The van der Waals surface area contributed by atoms with Crippen molar-refractivity contribution in [2.75, 3.05) is 12.0 Å². The van der Waals surface area contributed by atoms with Crippen LogP contribution in [0.4, 0.5) is 5.82 Å².